The molecule has 5 unspecified atom stereocenters. The Bertz CT molecular complexity index is 1190. The summed E-state index contributed by atoms with van der Waals surface area (Å²) >= 11 is 0. The number of nitrogens with zero attached hydrogens (tertiary/aromatic N) is 1. The fraction of sp³-hybridized carbons (Fsp3) is 0.571. The number of carbonyl (C=O) groups excluding carboxylic acids is 3. The molecule has 0 aromatic heterocycles. The second-order valence-electron chi connectivity index (χ2n) is 11.2. The minimum Gasteiger partial charge on any atom is -0.507 e. The predicted octanol–water partition coefficient (Wildman–Crippen LogP) is 4.77. The van der Waals surface area contributed by atoms with Crippen molar-refractivity contribution in [2.24, 2.45) is 28.8 Å². The van der Waals surface area contributed by atoms with Crippen molar-refractivity contribution in [2.75, 3.05) is 6.61 Å². The SMILES string of the molecule is CCCCOC1=NOC2CC3CC4Cc5cccc(OC(=O)OC(C)(C)C)c5C(O)=C4C(=O)C3C(=O)C12. The second kappa shape index (κ2) is 9.50. The average Bonchev–Trinajstić information content (AvgIpc) is 3.20. The molecular formula is C28H33NO8. The third-order valence-electron chi connectivity index (χ3n) is 7.48. The largest absolute Gasteiger partial charge is 0.514 e. The number of hydrogen-bond donors (Lipinski definition) is 1. The molecule has 5 atom stereocenters. The highest BCUT2D eigenvalue weighted by Gasteiger charge is 2.57. The van der Waals surface area contributed by atoms with Crippen LogP contribution in [0.2, 0.25) is 0 Å². The molecule has 2 saturated carbocycles. The van der Waals surface area contributed by atoms with Gasteiger partial charge in [-0.05, 0) is 69.9 Å². The fourth-order valence-electron chi connectivity index (χ4n) is 5.96. The van der Waals surface area contributed by atoms with Crippen molar-refractivity contribution >= 4 is 29.4 Å². The molecule has 9 nitrogen and oxygen atoms in total. The average molecular weight is 512 g/mol. The molecule has 198 valence electrons. The molecular weight excluding hydrogens is 478 g/mol. The van der Waals surface area contributed by atoms with Gasteiger partial charge in [-0.1, -0.05) is 30.6 Å². The number of fused-ring (bicyclic) bond motifs is 4. The number of ketones is 2. The maximum atomic E-state index is 13.8. The number of aliphatic hydroxyl groups excluding tert-OH is 1. The predicted molar refractivity (Wildman–Crippen MR) is 133 cm³/mol. The summed E-state index contributed by atoms with van der Waals surface area (Å²) in [6, 6.07) is 5.14. The molecule has 0 bridgehead atoms. The zero-order valence-corrected chi connectivity index (χ0v) is 21.6. The van der Waals surface area contributed by atoms with Crippen LogP contribution in [-0.4, -0.2) is 47.0 Å². The molecule has 1 aromatic carbocycles. The van der Waals surface area contributed by atoms with Gasteiger partial charge in [-0.3, -0.25) is 9.59 Å². The van der Waals surface area contributed by atoms with E-state index in [-0.39, 0.29) is 46.4 Å². The van der Waals surface area contributed by atoms with Crippen LogP contribution in [0.3, 0.4) is 0 Å². The minimum atomic E-state index is -0.902. The molecule has 9 heteroatoms. The molecule has 1 N–H and O–H groups in total. The van der Waals surface area contributed by atoms with Gasteiger partial charge < -0.3 is 24.2 Å². The van der Waals surface area contributed by atoms with Crippen LogP contribution in [0.15, 0.2) is 28.9 Å². The number of unbranched alkanes of at least 4 members (excludes halogenated alkanes) is 1. The van der Waals surface area contributed by atoms with E-state index in [4.69, 9.17) is 19.0 Å². The van der Waals surface area contributed by atoms with Crippen molar-refractivity contribution in [2.45, 2.75) is 71.5 Å². The number of ether oxygens (including phenoxy) is 3. The molecule has 37 heavy (non-hydrogen) atoms. The van der Waals surface area contributed by atoms with Crippen molar-refractivity contribution in [1.82, 2.24) is 0 Å². The minimum absolute atomic E-state index is 0.114. The van der Waals surface area contributed by atoms with E-state index in [1.807, 2.05) is 13.0 Å². The lowest BCUT2D eigenvalue weighted by atomic mass is 9.59. The van der Waals surface area contributed by atoms with Crippen LogP contribution in [-0.2, 0) is 30.3 Å². The Morgan fingerprint density at radius 1 is 1.19 bits per heavy atom. The quantitative estimate of drug-likeness (QED) is 0.266. The zero-order valence-electron chi connectivity index (χ0n) is 21.6. The molecule has 0 radical (unpaired) electrons. The summed E-state index contributed by atoms with van der Waals surface area (Å²) in [4.78, 5) is 45.3. The van der Waals surface area contributed by atoms with Crippen LogP contribution in [0.25, 0.3) is 5.76 Å². The van der Waals surface area contributed by atoms with E-state index in [9.17, 15) is 19.5 Å². The Labute approximate surface area is 215 Å². The molecule has 0 saturated heterocycles. The molecule has 1 heterocycles. The number of hydrogen-bond acceptors (Lipinski definition) is 9. The van der Waals surface area contributed by atoms with Gasteiger partial charge in [0.05, 0.1) is 18.1 Å². The van der Waals surface area contributed by atoms with E-state index in [0.29, 0.717) is 31.4 Å². The number of oxime groups is 1. The number of aliphatic hydroxyl groups is 1. The lowest BCUT2D eigenvalue weighted by molar-refractivity contribution is -0.144. The van der Waals surface area contributed by atoms with Crippen molar-refractivity contribution in [1.29, 1.82) is 0 Å². The Morgan fingerprint density at radius 3 is 2.70 bits per heavy atom. The standard InChI is InChI=1S/C28H33NO8/c1-5-6-10-34-26-22-18(37-29-26)13-16-12-15-11-14-8-7-9-17(35-27(33)36-28(2,3)4)19(14)23(30)20(15)24(31)21(16)25(22)32/h7-9,15-16,18,21-22,30H,5-6,10-13H2,1-4H3. The topological polar surface area (TPSA) is 121 Å². The first-order valence-electron chi connectivity index (χ1n) is 13.0. The molecule has 2 fully saturated rings. The number of allylic oxidation sites excluding steroid dienone is 1. The first-order valence-corrected chi connectivity index (χ1v) is 13.0. The van der Waals surface area contributed by atoms with Crippen molar-refractivity contribution in [3.63, 3.8) is 0 Å². The summed E-state index contributed by atoms with van der Waals surface area (Å²) in [5.41, 5.74) is 0.537. The Kier molecular flexibility index (Phi) is 6.50. The Hall–Kier alpha value is -3.36. The van der Waals surface area contributed by atoms with E-state index in [1.54, 1.807) is 32.9 Å². The third-order valence-corrected chi connectivity index (χ3v) is 7.48. The maximum absolute atomic E-state index is 13.8. The number of carbonyl (C=O) groups is 3. The molecule has 1 aromatic rings. The fourth-order valence-corrected chi connectivity index (χ4v) is 5.96. The highest BCUT2D eigenvalue weighted by Crippen LogP contribution is 2.51. The van der Waals surface area contributed by atoms with Crippen LogP contribution in [0.5, 0.6) is 5.75 Å². The van der Waals surface area contributed by atoms with E-state index >= 15 is 0 Å². The van der Waals surface area contributed by atoms with Gasteiger partial charge in [-0.2, -0.15) is 0 Å². The number of benzene rings is 1. The van der Waals surface area contributed by atoms with Crippen molar-refractivity contribution in [3.8, 4) is 5.75 Å². The van der Waals surface area contributed by atoms with E-state index in [0.717, 1.165) is 18.4 Å². The second-order valence-corrected chi connectivity index (χ2v) is 11.2. The summed E-state index contributed by atoms with van der Waals surface area (Å²) in [5, 5.41) is 15.4. The Morgan fingerprint density at radius 2 is 1.97 bits per heavy atom. The highest BCUT2D eigenvalue weighted by atomic mass is 16.7. The molecule has 0 spiro atoms. The van der Waals surface area contributed by atoms with Crippen LogP contribution < -0.4 is 4.74 Å². The zero-order chi connectivity index (χ0) is 26.5. The smallest absolute Gasteiger partial charge is 0.507 e. The van der Waals surface area contributed by atoms with Crippen LogP contribution >= 0.6 is 0 Å². The van der Waals surface area contributed by atoms with E-state index < -0.39 is 29.7 Å². The summed E-state index contributed by atoms with van der Waals surface area (Å²) in [6.07, 6.45) is 2.01. The van der Waals surface area contributed by atoms with E-state index in [2.05, 4.69) is 5.16 Å². The van der Waals surface area contributed by atoms with Gasteiger partial charge in [0.2, 0.25) is 5.90 Å². The first kappa shape index (κ1) is 25.3. The summed E-state index contributed by atoms with van der Waals surface area (Å²) in [5.74, 6) is -2.55. The number of rotatable bonds is 4. The van der Waals surface area contributed by atoms with Gasteiger partial charge in [0.1, 0.15) is 29.1 Å². The summed E-state index contributed by atoms with van der Waals surface area (Å²) in [6.45, 7) is 7.65. The maximum Gasteiger partial charge on any atom is 0.514 e. The van der Waals surface area contributed by atoms with Gasteiger partial charge in [-0.15, -0.1) is 0 Å². The van der Waals surface area contributed by atoms with Crippen molar-refractivity contribution in [3.05, 3.63) is 34.9 Å². The normalized spacial score (nSPS) is 28.3. The monoisotopic (exact) mass is 511 g/mol. The highest BCUT2D eigenvalue weighted by molar-refractivity contribution is 6.19. The molecule has 4 aliphatic rings. The molecule has 5 rings (SSSR count). The lowest BCUT2D eigenvalue weighted by Gasteiger charge is -2.43. The van der Waals surface area contributed by atoms with Gasteiger partial charge in [0, 0.05) is 5.57 Å². The third kappa shape index (κ3) is 4.60. The first-order chi connectivity index (χ1) is 17.6. The summed E-state index contributed by atoms with van der Waals surface area (Å²) < 4.78 is 16.4. The van der Waals surface area contributed by atoms with Crippen molar-refractivity contribution < 1.29 is 38.5 Å². The van der Waals surface area contributed by atoms with Crippen LogP contribution in [0.4, 0.5) is 4.79 Å². The lowest BCUT2D eigenvalue weighted by Crippen LogP contribution is -2.52. The summed E-state index contributed by atoms with van der Waals surface area (Å²) in [7, 11) is 0. The van der Waals surface area contributed by atoms with Crippen LogP contribution in [0.1, 0.15) is 64.5 Å². The molecule has 3 aliphatic carbocycles. The number of Topliss-reactive ketones (excluding diaryl/α,β-unsaturated/α-hetero) is 2. The van der Waals surface area contributed by atoms with Crippen LogP contribution in [0, 0.1) is 23.7 Å². The van der Waals surface area contributed by atoms with Gasteiger partial charge >= 0.3 is 6.16 Å². The van der Waals surface area contributed by atoms with Gasteiger partial charge in [0.25, 0.3) is 0 Å². The van der Waals surface area contributed by atoms with Gasteiger partial charge in [-0.25, -0.2) is 4.79 Å². The van der Waals surface area contributed by atoms with E-state index in [1.165, 1.54) is 0 Å². The van der Waals surface area contributed by atoms with Gasteiger partial charge in [0.15, 0.2) is 11.6 Å². The Balaban J connectivity index is 1.44. The molecule has 1 aliphatic heterocycles. The molecule has 0 amide bonds.